The van der Waals surface area contributed by atoms with Crippen molar-refractivity contribution >= 4 is 23.2 Å². The van der Waals surface area contributed by atoms with Crippen molar-refractivity contribution in [3.05, 3.63) is 52.4 Å². The molecule has 0 amide bonds. The number of halogens is 4. The van der Waals surface area contributed by atoms with Crippen molar-refractivity contribution in [2.75, 3.05) is 18.0 Å². The smallest absolute Gasteiger partial charge is 0.355 e. The van der Waals surface area contributed by atoms with E-state index in [-0.39, 0.29) is 10.8 Å². The number of carbonyl (C=O) groups excluding carboxylic acids is 1. The van der Waals surface area contributed by atoms with Gasteiger partial charge in [-0.3, -0.25) is 4.79 Å². The Morgan fingerprint density at radius 2 is 1.88 bits per heavy atom. The minimum atomic E-state index is -4.43. The number of carbonyl (C=O) groups is 1. The van der Waals surface area contributed by atoms with E-state index >= 15 is 0 Å². The molecule has 0 atom stereocenters. The SMILES string of the molecule is O=C1CCN(c2ncncc2Cc2ccc(C(F)(F)F)cc2Cl)CC1. The highest BCUT2D eigenvalue weighted by molar-refractivity contribution is 6.31. The van der Waals surface area contributed by atoms with E-state index in [1.807, 2.05) is 4.90 Å². The van der Waals surface area contributed by atoms with Crippen LogP contribution in [0.1, 0.15) is 29.5 Å². The van der Waals surface area contributed by atoms with Gasteiger partial charge in [0.1, 0.15) is 17.9 Å². The molecular weight excluding hydrogens is 355 g/mol. The molecule has 0 spiro atoms. The van der Waals surface area contributed by atoms with Crippen LogP contribution in [0.4, 0.5) is 19.0 Å². The van der Waals surface area contributed by atoms with Crippen LogP contribution >= 0.6 is 11.6 Å². The molecule has 0 unspecified atom stereocenters. The van der Waals surface area contributed by atoms with Crippen molar-refractivity contribution < 1.29 is 18.0 Å². The molecular formula is C17H15ClF3N3O. The summed E-state index contributed by atoms with van der Waals surface area (Å²) in [6, 6.07) is 3.33. The number of hydrogen-bond donors (Lipinski definition) is 0. The van der Waals surface area contributed by atoms with E-state index < -0.39 is 11.7 Å². The van der Waals surface area contributed by atoms with Crippen molar-refractivity contribution in [2.24, 2.45) is 0 Å². The molecule has 0 aliphatic carbocycles. The molecule has 1 aromatic heterocycles. The van der Waals surface area contributed by atoms with Crippen LogP contribution in [0.2, 0.25) is 5.02 Å². The van der Waals surface area contributed by atoms with Gasteiger partial charge in [0.15, 0.2) is 0 Å². The van der Waals surface area contributed by atoms with E-state index in [1.54, 1.807) is 6.20 Å². The van der Waals surface area contributed by atoms with E-state index in [0.29, 0.717) is 43.7 Å². The Hall–Kier alpha value is -2.15. The summed E-state index contributed by atoms with van der Waals surface area (Å²) < 4.78 is 38.3. The molecule has 0 N–H and O–H groups in total. The molecule has 1 aromatic carbocycles. The Kier molecular flexibility index (Phi) is 4.94. The van der Waals surface area contributed by atoms with Crippen molar-refractivity contribution in [3.8, 4) is 0 Å². The zero-order valence-electron chi connectivity index (χ0n) is 13.2. The number of aromatic nitrogens is 2. The Balaban J connectivity index is 1.85. The predicted octanol–water partition coefficient (Wildman–Crippen LogP) is 3.91. The van der Waals surface area contributed by atoms with Gasteiger partial charge in [-0.1, -0.05) is 17.7 Å². The monoisotopic (exact) mass is 369 g/mol. The highest BCUT2D eigenvalue weighted by Gasteiger charge is 2.31. The molecule has 0 radical (unpaired) electrons. The second-order valence-electron chi connectivity index (χ2n) is 5.88. The van der Waals surface area contributed by atoms with Crippen molar-refractivity contribution in [1.29, 1.82) is 0 Å². The second-order valence-corrected chi connectivity index (χ2v) is 6.29. The number of rotatable bonds is 3. The van der Waals surface area contributed by atoms with Crippen LogP contribution < -0.4 is 4.90 Å². The zero-order valence-corrected chi connectivity index (χ0v) is 13.9. The number of benzene rings is 1. The maximum Gasteiger partial charge on any atom is 0.416 e. The number of ketones is 1. The summed E-state index contributed by atoms with van der Waals surface area (Å²) in [7, 11) is 0. The van der Waals surface area contributed by atoms with Gasteiger partial charge < -0.3 is 4.90 Å². The van der Waals surface area contributed by atoms with Crippen molar-refractivity contribution in [2.45, 2.75) is 25.4 Å². The van der Waals surface area contributed by atoms with Gasteiger partial charge in [0, 0.05) is 49.1 Å². The standard InChI is InChI=1S/C17H15ClF3N3O/c18-15-8-13(17(19,20)21)2-1-11(15)7-12-9-22-10-23-16(12)24-5-3-14(25)4-6-24/h1-2,8-10H,3-7H2. The maximum absolute atomic E-state index is 12.8. The number of alkyl halides is 3. The van der Waals surface area contributed by atoms with Gasteiger partial charge in [-0.15, -0.1) is 0 Å². The Morgan fingerprint density at radius 3 is 2.52 bits per heavy atom. The van der Waals surface area contributed by atoms with Gasteiger partial charge in [-0.25, -0.2) is 9.97 Å². The highest BCUT2D eigenvalue weighted by atomic mass is 35.5. The molecule has 2 aromatic rings. The summed E-state index contributed by atoms with van der Waals surface area (Å²) in [4.78, 5) is 21.7. The molecule has 3 rings (SSSR count). The lowest BCUT2D eigenvalue weighted by atomic mass is 10.0. The van der Waals surface area contributed by atoms with Crippen molar-refractivity contribution in [3.63, 3.8) is 0 Å². The molecule has 0 bridgehead atoms. The molecule has 132 valence electrons. The summed E-state index contributed by atoms with van der Waals surface area (Å²) in [6.07, 6.45) is -0.132. The third-order valence-corrected chi connectivity index (χ3v) is 4.50. The van der Waals surface area contributed by atoms with Crippen LogP contribution in [-0.2, 0) is 17.4 Å². The Bertz CT molecular complexity index is 785. The normalized spacial score (nSPS) is 15.5. The summed E-state index contributed by atoms with van der Waals surface area (Å²) in [5.41, 5.74) is 0.553. The summed E-state index contributed by atoms with van der Waals surface area (Å²) in [5, 5.41) is 0.0541. The van der Waals surface area contributed by atoms with Gasteiger partial charge in [-0.05, 0) is 17.7 Å². The van der Waals surface area contributed by atoms with Gasteiger partial charge >= 0.3 is 6.18 Å². The van der Waals surface area contributed by atoms with Gasteiger partial charge in [-0.2, -0.15) is 13.2 Å². The number of anilines is 1. The molecule has 0 saturated carbocycles. The third kappa shape index (κ3) is 4.10. The lowest BCUT2D eigenvalue weighted by Crippen LogP contribution is -2.35. The lowest BCUT2D eigenvalue weighted by molar-refractivity contribution is -0.137. The first-order valence-electron chi connectivity index (χ1n) is 7.76. The number of piperidine rings is 1. The fraction of sp³-hybridized carbons (Fsp3) is 0.353. The number of Topliss-reactive ketones (excluding diaryl/α,β-unsaturated/α-hetero) is 1. The van der Waals surface area contributed by atoms with Gasteiger partial charge in [0.25, 0.3) is 0 Å². The Morgan fingerprint density at radius 1 is 1.16 bits per heavy atom. The molecule has 25 heavy (non-hydrogen) atoms. The number of hydrogen-bond acceptors (Lipinski definition) is 4. The maximum atomic E-state index is 12.8. The topological polar surface area (TPSA) is 46.1 Å². The fourth-order valence-corrected chi connectivity index (χ4v) is 3.05. The van der Waals surface area contributed by atoms with E-state index in [4.69, 9.17) is 11.6 Å². The van der Waals surface area contributed by atoms with E-state index in [0.717, 1.165) is 17.7 Å². The molecule has 1 fully saturated rings. The largest absolute Gasteiger partial charge is 0.416 e. The summed E-state index contributed by atoms with van der Waals surface area (Å²) >= 11 is 6.04. The van der Waals surface area contributed by atoms with Gasteiger partial charge in [0.2, 0.25) is 0 Å². The minimum absolute atomic E-state index is 0.0541. The van der Waals surface area contributed by atoms with E-state index in [2.05, 4.69) is 9.97 Å². The molecule has 8 heteroatoms. The summed E-state index contributed by atoms with van der Waals surface area (Å²) in [6.45, 7) is 1.15. The quantitative estimate of drug-likeness (QED) is 0.823. The molecule has 1 aliphatic heterocycles. The molecule has 2 heterocycles. The summed E-state index contributed by atoms with van der Waals surface area (Å²) in [5.74, 6) is 0.913. The fourth-order valence-electron chi connectivity index (χ4n) is 2.80. The van der Waals surface area contributed by atoms with Crippen LogP contribution in [0.25, 0.3) is 0 Å². The zero-order chi connectivity index (χ0) is 18.0. The minimum Gasteiger partial charge on any atom is -0.355 e. The first kappa shape index (κ1) is 17.7. The average Bonchev–Trinajstić information content (AvgIpc) is 2.57. The van der Waals surface area contributed by atoms with Crippen LogP contribution in [0, 0.1) is 0 Å². The first-order valence-corrected chi connectivity index (χ1v) is 8.13. The van der Waals surface area contributed by atoms with Crippen LogP contribution in [-0.4, -0.2) is 28.8 Å². The molecule has 1 saturated heterocycles. The van der Waals surface area contributed by atoms with E-state index in [9.17, 15) is 18.0 Å². The van der Waals surface area contributed by atoms with Crippen LogP contribution in [0.15, 0.2) is 30.7 Å². The van der Waals surface area contributed by atoms with Crippen LogP contribution in [0.5, 0.6) is 0 Å². The first-order chi connectivity index (χ1) is 11.8. The highest BCUT2D eigenvalue weighted by Crippen LogP contribution is 2.33. The van der Waals surface area contributed by atoms with E-state index in [1.165, 1.54) is 12.4 Å². The average molecular weight is 370 g/mol. The lowest BCUT2D eigenvalue weighted by Gasteiger charge is -2.28. The number of nitrogens with zero attached hydrogens (tertiary/aromatic N) is 3. The van der Waals surface area contributed by atoms with Crippen LogP contribution in [0.3, 0.4) is 0 Å². The molecule has 4 nitrogen and oxygen atoms in total. The van der Waals surface area contributed by atoms with Crippen molar-refractivity contribution in [1.82, 2.24) is 9.97 Å². The second kappa shape index (κ2) is 7.00. The Labute approximate surface area is 147 Å². The predicted molar refractivity (Wildman–Crippen MR) is 87.7 cm³/mol. The third-order valence-electron chi connectivity index (χ3n) is 4.15. The molecule has 1 aliphatic rings. The van der Waals surface area contributed by atoms with Gasteiger partial charge in [0.05, 0.1) is 5.56 Å².